The number of fused-ring (bicyclic) bond motifs is 1. The zero-order valence-corrected chi connectivity index (χ0v) is 12.9. The highest BCUT2D eigenvalue weighted by atomic mass is 35.5. The fraction of sp³-hybridized carbons (Fsp3) is 0.250. The number of nitrogens with one attached hydrogen (secondary N) is 1. The van der Waals surface area contributed by atoms with Gasteiger partial charge in [-0.05, 0) is 11.6 Å². The van der Waals surface area contributed by atoms with E-state index in [0.717, 1.165) is 17.8 Å². The molecule has 1 aliphatic rings. The average molecular weight is 346 g/mol. The predicted octanol–water partition coefficient (Wildman–Crippen LogP) is 3.26. The molecule has 0 bridgehead atoms. The summed E-state index contributed by atoms with van der Waals surface area (Å²) in [6.45, 7) is 1.12. The second kappa shape index (κ2) is 6.05. The molecule has 0 radical (unpaired) electrons. The quantitative estimate of drug-likeness (QED) is 0.904. The fourth-order valence-electron chi connectivity index (χ4n) is 1.75. The Morgan fingerprint density at radius 3 is 2.57 bits per heavy atom. The summed E-state index contributed by atoms with van der Waals surface area (Å²) in [5.41, 5.74) is 0.414. The summed E-state index contributed by atoms with van der Waals surface area (Å²) in [5.74, 6) is 0.674. The molecule has 6 nitrogen and oxygen atoms in total. The minimum absolute atomic E-state index is 0.156. The van der Waals surface area contributed by atoms with Gasteiger partial charge in [0.25, 0.3) is 5.91 Å². The van der Waals surface area contributed by atoms with Crippen LogP contribution >= 0.6 is 34.5 Å². The van der Waals surface area contributed by atoms with Crippen LogP contribution in [0, 0.1) is 0 Å². The maximum atomic E-state index is 12.0. The molecule has 0 unspecified atom stereocenters. The molecule has 1 aliphatic heterocycles. The van der Waals surface area contributed by atoms with Crippen molar-refractivity contribution in [1.29, 1.82) is 0 Å². The first-order valence-corrected chi connectivity index (χ1v) is 7.60. The van der Waals surface area contributed by atoms with Gasteiger partial charge >= 0.3 is 0 Å². The van der Waals surface area contributed by atoms with E-state index in [1.165, 1.54) is 0 Å². The van der Waals surface area contributed by atoms with Crippen molar-refractivity contribution in [3.05, 3.63) is 26.6 Å². The molecule has 0 atom stereocenters. The number of benzene rings is 1. The molecule has 1 aromatic carbocycles. The number of carbonyl (C=O) groups is 1. The second-order valence-electron chi connectivity index (χ2n) is 4.14. The van der Waals surface area contributed by atoms with E-state index in [9.17, 15) is 4.79 Å². The summed E-state index contributed by atoms with van der Waals surface area (Å²) in [7, 11) is 0. The van der Waals surface area contributed by atoms with Gasteiger partial charge in [-0.1, -0.05) is 22.9 Å². The normalized spacial score (nSPS) is 13.6. The largest absolute Gasteiger partial charge is 0.490 e. The fourth-order valence-corrected chi connectivity index (χ4v) is 2.68. The third-order valence-corrected chi connectivity index (χ3v) is 4.01. The lowest BCUT2D eigenvalue weighted by Crippen LogP contribution is -2.12. The van der Waals surface area contributed by atoms with Crippen LogP contribution in [0.5, 0.6) is 11.5 Å². The molecular weight excluding hydrogens is 337 g/mol. The molecular formula is C12H9Cl2N3O3S. The van der Waals surface area contributed by atoms with E-state index in [1.54, 1.807) is 12.1 Å². The van der Waals surface area contributed by atoms with Crippen LogP contribution in [0.15, 0.2) is 12.1 Å². The minimum Gasteiger partial charge on any atom is -0.490 e. The highest BCUT2D eigenvalue weighted by Gasteiger charge is 2.18. The van der Waals surface area contributed by atoms with E-state index in [4.69, 9.17) is 32.7 Å². The van der Waals surface area contributed by atoms with Gasteiger partial charge in [0.2, 0.25) is 9.47 Å². The molecule has 0 saturated carbocycles. The lowest BCUT2D eigenvalue weighted by Gasteiger charge is -2.11. The number of aromatic nitrogens is 2. The number of anilines is 1. The summed E-state index contributed by atoms with van der Waals surface area (Å²) in [5, 5.41) is 10.4. The molecule has 0 aliphatic carbocycles. The Hall–Kier alpha value is -1.57. The van der Waals surface area contributed by atoms with E-state index in [-0.39, 0.29) is 9.47 Å². The smallest absolute Gasteiger partial charge is 0.286 e. The first kappa shape index (κ1) is 14.4. The standard InChI is InChI=1S/C12H9Cl2N3O3S/c13-6-4-8-9(20-3-1-2-19-8)5-7(6)15-10(18)11-16-17-12(14)21-11/h4-5H,1-3H2,(H,15,18). The van der Waals surface area contributed by atoms with Crippen LogP contribution < -0.4 is 14.8 Å². The number of ether oxygens (including phenoxy) is 2. The van der Waals surface area contributed by atoms with Crippen LogP contribution in [0.4, 0.5) is 5.69 Å². The number of amides is 1. The van der Waals surface area contributed by atoms with Crippen LogP contribution in [0.3, 0.4) is 0 Å². The molecule has 0 spiro atoms. The van der Waals surface area contributed by atoms with E-state index >= 15 is 0 Å². The van der Waals surface area contributed by atoms with Gasteiger partial charge in [-0.25, -0.2) is 0 Å². The Kier molecular flexibility index (Phi) is 4.14. The predicted molar refractivity (Wildman–Crippen MR) is 79.9 cm³/mol. The number of nitrogens with zero attached hydrogens (tertiary/aromatic N) is 2. The number of hydrogen-bond donors (Lipinski definition) is 1. The summed E-state index contributed by atoms with van der Waals surface area (Å²) in [6, 6.07) is 3.24. The molecule has 1 N–H and O–H groups in total. The van der Waals surface area contributed by atoms with Crippen LogP contribution in [0.1, 0.15) is 16.2 Å². The summed E-state index contributed by atoms with van der Waals surface area (Å²) in [6.07, 6.45) is 0.789. The lowest BCUT2D eigenvalue weighted by molar-refractivity contribution is 0.102. The monoisotopic (exact) mass is 345 g/mol. The molecule has 2 heterocycles. The third-order valence-electron chi connectivity index (χ3n) is 2.68. The van der Waals surface area contributed by atoms with Crippen molar-refractivity contribution in [3.8, 4) is 11.5 Å². The number of carbonyl (C=O) groups excluding carboxylic acids is 1. The molecule has 110 valence electrons. The summed E-state index contributed by atoms with van der Waals surface area (Å²) in [4.78, 5) is 12.0. The van der Waals surface area contributed by atoms with Crippen molar-refractivity contribution in [1.82, 2.24) is 10.2 Å². The Labute approximate surface area is 134 Å². The van der Waals surface area contributed by atoms with Crippen molar-refractivity contribution < 1.29 is 14.3 Å². The van der Waals surface area contributed by atoms with E-state index in [1.807, 2.05) is 0 Å². The van der Waals surface area contributed by atoms with Gasteiger partial charge in [0.05, 0.1) is 23.9 Å². The highest BCUT2D eigenvalue weighted by Crippen LogP contribution is 2.37. The van der Waals surface area contributed by atoms with Gasteiger partial charge in [-0.3, -0.25) is 4.79 Å². The lowest BCUT2D eigenvalue weighted by atomic mass is 10.2. The molecule has 2 aromatic rings. The Bertz CT molecular complexity index is 692. The SMILES string of the molecule is O=C(Nc1cc2c(cc1Cl)OCCCO2)c1nnc(Cl)s1. The first-order valence-electron chi connectivity index (χ1n) is 6.03. The van der Waals surface area contributed by atoms with E-state index in [2.05, 4.69) is 15.5 Å². The van der Waals surface area contributed by atoms with Crippen molar-refractivity contribution >= 4 is 46.1 Å². The zero-order chi connectivity index (χ0) is 14.8. The average Bonchev–Trinajstić information content (AvgIpc) is 2.76. The molecule has 3 rings (SSSR count). The number of halogens is 2. The van der Waals surface area contributed by atoms with Crippen LogP contribution in [0.25, 0.3) is 0 Å². The second-order valence-corrected chi connectivity index (χ2v) is 6.11. The van der Waals surface area contributed by atoms with Crippen molar-refractivity contribution in [2.24, 2.45) is 0 Å². The number of rotatable bonds is 2. The third kappa shape index (κ3) is 3.20. The van der Waals surface area contributed by atoms with Crippen LogP contribution in [0.2, 0.25) is 9.49 Å². The van der Waals surface area contributed by atoms with E-state index in [0.29, 0.717) is 35.4 Å². The van der Waals surface area contributed by atoms with Gasteiger partial charge in [0, 0.05) is 18.6 Å². The first-order chi connectivity index (χ1) is 10.1. The zero-order valence-electron chi connectivity index (χ0n) is 10.6. The Balaban J connectivity index is 1.85. The molecule has 21 heavy (non-hydrogen) atoms. The van der Waals surface area contributed by atoms with Crippen molar-refractivity contribution in [3.63, 3.8) is 0 Å². The summed E-state index contributed by atoms with van der Waals surface area (Å²) >= 11 is 12.8. The van der Waals surface area contributed by atoms with Gasteiger partial charge in [-0.2, -0.15) is 0 Å². The number of hydrogen-bond acceptors (Lipinski definition) is 6. The Morgan fingerprint density at radius 2 is 1.90 bits per heavy atom. The molecule has 9 heteroatoms. The van der Waals surface area contributed by atoms with Gasteiger partial charge < -0.3 is 14.8 Å². The van der Waals surface area contributed by atoms with Crippen LogP contribution in [-0.4, -0.2) is 29.3 Å². The topological polar surface area (TPSA) is 73.3 Å². The highest BCUT2D eigenvalue weighted by molar-refractivity contribution is 7.17. The maximum absolute atomic E-state index is 12.0. The summed E-state index contributed by atoms with van der Waals surface area (Å²) < 4.78 is 11.3. The van der Waals surface area contributed by atoms with E-state index < -0.39 is 5.91 Å². The molecule has 0 saturated heterocycles. The van der Waals surface area contributed by atoms with Gasteiger partial charge in [0.15, 0.2) is 11.5 Å². The van der Waals surface area contributed by atoms with Crippen LogP contribution in [-0.2, 0) is 0 Å². The van der Waals surface area contributed by atoms with Crippen molar-refractivity contribution in [2.45, 2.75) is 6.42 Å². The molecule has 0 fully saturated rings. The molecule has 1 aromatic heterocycles. The van der Waals surface area contributed by atoms with Gasteiger partial charge in [-0.15, -0.1) is 10.2 Å². The Morgan fingerprint density at radius 1 is 1.19 bits per heavy atom. The minimum atomic E-state index is -0.434. The van der Waals surface area contributed by atoms with Crippen molar-refractivity contribution in [2.75, 3.05) is 18.5 Å². The maximum Gasteiger partial charge on any atom is 0.286 e. The molecule has 1 amide bonds. The van der Waals surface area contributed by atoms with Gasteiger partial charge in [0.1, 0.15) is 0 Å².